The number of esters is 1. The van der Waals surface area contributed by atoms with Gasteiger partial charge in [-0.3, -0.25) is 4.79 Å². The topological polar surface area (TPSA) is 69.7 Å². The van der Waals surface area contributed by atoms with Gasteiger partial charge in [-0.15, -0.1) is 0 Å². The fraction of sp³-hybridized carbons (Fsp3) is 0.300. The third-order valence-corrected chi connectivity index (χ3v) is 4.07. The summed E-state index contributed by atoms with van der Waals surface area (Å²) in [6, 6.07) is 9.35. The highest BCUT2D eigenvalue weighted by Crippen LogP contribution is 2.35. The lowest BCUT2D eigenvalue weighted by Gasteiger charge is -2.14. The van der Waals surface area contributed by atoms with Gasteiger partial charge in [0.25, 0.3) is 0 Å². The summed E-state index contributed by atoms with van der Waals surface area (Å²) < 4.78 is 16.8. The summed E-state index contributed by atoms with van der Waals surface area (Å²) in [4.78, 5) is 24.3. The molecule has 2 aromatic heterocycles. The van der Waals surface area contributed by atoms with Crippen LogP contribution in [0.15, 0.2) is 44.0 Å². The zero-order chi connectivity index (χ0) is 18.1. The van der Waals surface area contributed by atoms with E-state index in [-0.39, 0.29) is 23.2 Å². The first kappa shape index (κ1) is 17.0. The van der Waals surface area contributed by atoms with Crippen molar-refractivity contribution >= 4 is 16.9 Å². The van der Waals surface area contributed by atoms with Crippen LogP contribution in [0.25, 0.3) is 22.5 Å². The van der Waals surface area contributed by atoms with Crippen LogP contribution < -0.4 is 10.4 Å². The maximum Gasteiger partial charge on any atom is 0.343 e. The molecule has 0 aliphatic heterocycles. The van der Waals surface area contributed by atoms with E-state index in [4.69, 9.17) is 13.6 Å². The number of hydrogen-bond acceptors (Lipinski definition) is 5. The SMILES string of the molecule is CCc1c(-c2cc3ccccc3o2)oc(=O)c(C)c1OC(=O)C(C)C. The van der Waals surface area contributed by atoms with Gasteiger partial charge in [0.1, 0.15) is 11.3 Å². The minimum atomic E-state index is -0.542. The predicted molar refractivity (Wildman–Crippen MR) is 94.8 cm³/mol. The maximum atomic E-state index is 12.3. The van der Waals surface area contributed by atoms with Crippen LogP contribution in [0.1, 0.15) is 31.9 Å². The smallest absolute Gasteiger partial charge is 0.343 e. The molecule has 0 aliphatic rings. The zero-order valence-corrected chi connectivity index (χ0v) is 14.7. The van der Waals surface area contributed by atoms with E-state index >= 15 is 0 Å². The lowest BCUT2D eigenvalue weighted by molar-refractivity contribution is -0.137. The van der Waals surface area contributed by atoms with E-state index in [0.29, 0.717) is 29.1 Å². The maximum absolute atomic E-state index is 12.3. The van der Waals surface area contributed by atoms with Crippen molar-refractivity contribution in [3.8, 4) is 17.3 Å². The number of rotatable bonds is 4. The Labute approximate surface area is 145 Å². The molecular formula is C20H20O5. The van der Waals surface area contributed by atoms with Crippen molar-refractivity contribution in [1.82, 2.24) is 0 Å². The lowest BCUT2D eigenvalue weighted by atomic mass is 10.1. The van der Waals surface area contributed by atoms with Crippen LogP contribution in [-0.2, 0) is 11.2 Å². The molecule has 0 N–H and O–H groups in total. The number of furan rings is 1. The molecule has 0 atom stereocenters. The molecule has 130 valence electrons. The molecule has 0 amide bonds. The third kappa shape index (κ3) is 3.09. The summed E-state index contributed by atoms with van der Waals surface area (Å²) in [5.74, 6) is 0.329. The lowest BCUT2D eigenvalue weighted by Crippen LogP contribution is -2.19. The second-order valence-corrected chi connectivity index (χ2v) is 6.23. The molecule has 0 aliphatic carbocycles. The predicted octanol–water partition coefficient (Wildman–Crippen LogP) is 4.49. The van der Waals surface area contributed by atoms with Gasteiger partial charge in [0.15, 0.2) is 11.5 Å². The Kier molecular flexibility index (Phi) is 4.49. The number of carbonyl (C=O) groups is 1. The fourth-order valence-electron chi connectivity index (χ4n) is 2.62. The van der Waals surface area contributed by atoms with Gasteiger partial charge in [0.2, 0.25) is 0 Å². The molecule has 0 fully saturated rings. The molecule has 0 spiro atoms. The van der Waals surface area contributed by atoms with Crippen molar-refractivity contribution < 1.29 is 18.4 Å². The van der Waals surface area contributed by atoms with Crippen molar-refractivity contribution in [3.63, 3.8) is 0 Å². The van der Waals surface area contributed by atoms with E-state index in [1.807, 2.05) is 37.3 Å². The quantitative estimate of drug-likeness (QED) is 0.655. The number of carbonyl (C=O) groups excluding carboxylic acids is 1. The Balaban J connectivity index is 2.21. The highest BCUT2D eigenvalue weighted by atomic mass is 16.5. The molecular weight excluding hydrogens is 320 g/mol. The first-order valence-electron chi connectivity index (χ1n) is 8.29. The molecule has 2 heterocycles. The standard InChI is InChI=1S/C20H20O5/c1-5-14-17(24-19(21)11(2)3)12(4)20(22)25-18(14)16-10-13-8-6-7-9-15(13)23-16/h6-11H,5H2,1-4H3. The van der Waals surface area contributed by atoms with Crippen LogP contribution in [0, 0.1) is 12.8 Å². The van der Waals surface area contributed by atoms with E-state index in [1.165, 1.54) is 0 Å². The number of ether oxygens (including phenoxy) is 1. The van der Waals surface area contributed by atoms with Crippen LogP contribution in [0.5, 0.6) is 5.75 Å². The van der Waals surface area contributed by atoms with Crippen LogP contribution in [0.3, 0.4) is 0 Å². The number of benzene rings is 1. The van der Waals surface area contributed by atoms with E-state index in [9.17, 15) is 9.59 Å². The highest BCUT2D eigenvalue weighted by Gasteiger charge is 2.23. The Bertz CT molecular complexity index is 958. The van der Waals surface area contributed by atoms with E-state index in [2.05, 4.69) is 0 Å². The number of fused-ring (bicyclic) bond motifs is 1. The summed E-state index contributed by atoms with van der Waals surface area (Å²) in [5.41, 5.74) is 1.08. The molecule has 0 unspecified atom stereocenters. The summed E-state index contributed by atoms with van der Waals surface area (Å²) in [6.45, 7) is 6.99. The molecule has 3 rings (SSSR count). The summed E-state index contributed by atoms with van der Waals surface area (Å²) >= 11 is 0. The van der Waals surface area contributed by atoms with Crippen molar-refractivity contribution in [1.29, 1.82) is 0 Å². The molecule has 0 saturated heterocycles. The normalized spacial score (nSPS) is 11.2. The van der Waals surface area contributed by atoms with Gasteiger partial charge in [0, 0.05) is 10.9 Å². The minimum Gasteiger partial charge on any atom is -0.453 e. The Morgan fingerprint density at radius 1 is 1.20 bits per heavy atom. The molecule has 0 saturated carbocycles. The van der Waals surface area contributed by atoms with Crippen LogP contribution in [0.4, 0.5) is 0 Å². The second-order valence-electron chi connectivity index (χ2n) is 6.23. The van der Waals surface area contributed by atoms with Gasteiger partial charge >= 0.3 is 11.6 Å². The van der Waals surface area contributed by atoms with E-state index in [1.54, 1.807) is 20.8 Å². The Morgan fingerprint density at radius 3 is 2.56 bits per heavy atom. The molecule has 0 radical (unpaired) electrons. The molecule has 3 aromatic rings. The largest absolute Gasteiger partial charge is 0.453 e. The number of para-hydroxylation sites is 1. The van der Waals surface area contributed by atoms with E-state index in [0.717, 1.165) is 5.39 Å². The highest BCUT2D eigenvalue weighted by molar-refractivity contribution is 5.83. The molecule has 25 heavy (non-hydrogen) atoms. The van der Waals surface area contributed by atoms with Crippen molar-refractivity contribution in [2.45, 2.75) is 34.1 Å². The van der Waals surface area contributed by atoms with Crippen LogP contribution in [0.2, 0.25) is 0 Å². The van der Waals surface area contributed by atoms with Gasteiger partial charge in [-0.05, 0) is 25.5 Å². The van der Waals surface area contributed by atoms with Gasteiger partial charge < -0.3 is 13.6 Å². The van der Waals surface area contributed by atoms with Gasteiger partial charge in [0.05, 0.1) is 11.5 Å². The van der Waals surface area contributed by atoms with Gasteiger partial charge in [-0.2, -0.15) is 0 Å². The zero-order valence-electron chi connectivity index (χ0n) is 14.7. The Hall–Kier alpha value is -2.82. The van der Waals surface area contributed by atoms with Crippen molar-refractivity contribution in [2.75, 3.05) is 0 Å². The summed E-state index contributed by atoms with van der Waals surface area (Å²) in [6.07, 6.45) is 0.526. The van der Waals surface area contributed by atoms with E-state index < -0.39 is 5.63 Å². The third-order valence-electron chi connectivity index (χ3n) is 4.07. The minimum absolute atomic E-state index is 0.271. The monoisotopic (exact) mass is 340 g/mol. The summed E-state index contributed by atoms with van der Waals surface area (Å²) in [7, 11) is 0. The molecule has 0 bridgehead atoms. The average molecular weight is 340 g/mol. The second kappa shape index (κ2) is 6.59. The van der Waals surface area contributed by atoms with Crippen molar-refractivity contribution in [2.24, 2.45) is 5.92 Å². The van der Waals surface area contributed by atoms with Gasteiger partial charge in [-0.1, -0.05) is 39.0 Å². The molecule has 1 aromatic carbocycles. The number of hydrogen-bond donors (Lipinski definition) is 0. The average Bonchev–Trinajstić information content (AvgIpc) is 3.02. The Morgan fingerprint density at radius 2 is 1.92 bits per heavy atom. The first-order chi connectivity index (χ1) is 11.9. The van der Waals surface area contributed by atoms with Crippen LogP contribution in [-0.4, -0.2) is 5.97 Å². The van der Waals surface area contributed by atoms with Crippen LogP contribution >= 0.6 is 0 Å². The van der Waals surface area contributed by atoms with Crippen molar-refractivity contribution in [3.05, 3.63) is 51.9 Å². The first-order valence-corrected chi connectivity index (χ1v) is 8.29. The fourth-order valence-corrected chi connectivity index (χ4v) is 2.62. The molecule has 5 heteroatoms. The van der Waals surface area contributed by atoms with Gasteiger partial charge in [-0.25, -0.2) is 4.79 Å². The molecule has 5 nitrogen and oxygen atoms in total. The summed E-state index contributed by atoms with van der Waals surface area (Å²) in [5, 5.41) is 0.906.